The highest BCUT2D eigenvalue weighted by Gasteiger charge is 2.55. The molecule has 5 rings (SSSR count). The van der Waals surface area contributed by atoms with Crippen LogP contribution in [0.3, 0.4) is 0 Å². The summed E-state index contributed by atoms with van der Waals surface area (Å²) in [6, 6.07) is 16.4. The second-order valence-corrected chi connectivity index (χ2v) is 14.1. The molecular formula is C49H58O8. The standard InChI is InChI=1S/C49H58O8/c1-11-27-52-43-31(9)33(15-5)45(54-29-13-3)41(47(43)56-39(50)17-7)49(37-25-21-19-23-35(37)36-24-20-22-26-38(36)49)42-46(55-30-14-4)34(16-6)32(10)44(53-28-12-2)48(42)57-40(51)18-8/h17-26H,7-8,11-16,27-30H2,1-6,9-10H3. The molecule has 0 aromatic heterocycles. The van der Waals surface area contributed by atoms with Crippen molar-refractivity contribution in [1.82, 2.24) is 0 Å². The number of hydrogen-bond donors (Lipinski definition) is 0. The molecule has 0 spiro atoms. The van der Waals surface area contributed by atoms with Gasteiger partial charge in [-0.25, -0.2) is 9.59 Å². The zero-order valence-electron chi connectivity index (χ0n) is 35.0. The van der Waals surface area contributed by atoms with E-state index in [0.717, 1.165) is 56.7 Å². The van der Waals surface area contributed by atoms with Crippen LogP contribution in [0.25, 0.3) is 11.1 Å². The minimum absolute atomic E-state index is 0.192. The number of ether oxygens (including phenoxy) is 6. The van der Waals surface area contributed by atoms with Crippen LogP contribution in [0.2, 0.25) is 0 Å². The van der Waals surface area contributed by atoms with E-state index in [-0.39, 0.29) is 11.5 Å². The molecule has 302 valence electrons. The summed E-state index contributed by atoms with van der Waals surface area (Å²) in [6.45, 7) is 25.3. The second kappa shape index (κ2) is 19.1. The highest BCUT2D eigenvalue weighted by atomic mass is 16.6. The van der Waals surface area contributed by atoms with Crippen LogP contribution in [0.15, 0.2) is 73.8 Å². The molecule has 0 N–H and O–H groups in total. The highest BCUT2D eigenvalue weighted by Crippen LogP contribution is 2.67. The average molecular weight is 775 g/mol. The summed E-state index contributed by atoms with van der Waals surface area (Å²) in [5, 5.41) is 0. The van der Waals surface area contributed by atoms with Crippen molar-refractivity contribution in [3.8, 4) is 45.6 Å². The SMILES string of the molecule is C=CC(=O)Oc1c(OCCC)c(C)c(CC)c(OCCC)c1C1(c2c(OCCC)c(CC)c(C)c(OCCC)c2OC(=O)C=C)c2ccccc2-c2ccccc21. The van der Waals surface area contributed by atoms with Gasteiger partial charge in [0.05, 0.1) is 43.0 Å². The van der Waals surface area contributed by atoms with E-state index in [1.54, 1.807) is 0 Å². The van der Waals surface area contributed by atoms with Crippen molar-refractivity contribution in [1.29, 1.82) is 0 Å². The Morgan fingerprint density at radius 3 is 1.18 bits per heavy atom. The molecule has 8 nitrogen and oxygen atoms in total. The van der Waals surface area contributed by atoms with Crippen molar-refractivity contribution in [3.05, 3.63) is 118 Å². The Labute approximate surface area is 338 Å². The van der Waals surface area contributed by atoms with Crippen LogP contribution in [0.5, 0.6) is 34.5 Å². The van der Waals surface area contributed by atoms with Gasteiger partial charge >= 0.3 is 11.9 Å². The van der Waals surface area contributed by atoms with Crippen LogP contribution in [0, 0.1) is 13.8 Å². The third kappa shape index (κ3) is 7.66. The molecule has 0 heterocycles. The van der Waals surface area contributed by atoms with E-state index in [1.165, 1.54) is 0 Å². The van der Waals surface area contributed by atoms with Crippen molar-refractivity contribution >= 4 is 11.9 Å². The maximum absolute atomic E-state index is 13.7. The van der Waals surface area contributed by atoms with Crippen molar-refractivity contribution in [2.45, 2.75) is 99.3 Å². The molecule has 1 aliphatic carbocycles. The maximum atomic E-state index is 13.7. The normalized spacial score (nSPS) is 12.3. The fraction of sp³-hybridized carbons (Fsp3) is 0.388. The van der Waals surface area contributed by atoms with Gasteiger partial charge in [0, 0.05) is 34.4 Å². The van der Waals surface area contributed by atoms with Crippen molar-refractivity contribution in [2.75, 3.05) is 26.4 Å². The van der Waals surface area contributed by atoms with Crippen LogP contribution in [-0.2, 0) is 27.8 Å². The molecule has 0 amide bonds. The first kappa shape index (κ1) is 42.6. The summed E-state index contributed by atoms with van der Waals surface area (Å²) in [6.07, 6.45) is 6.30. The van der Waals surface area contributed by atoms with Crippen LogP contribution >= 0.6 is 0 Å². The monoisotopic (exact) mass is 774 g/mol. The molecule has 4 aromatic carbocycles. The Bertz CT molecular complexity index is 1980. The lowest BCUT2D eigenvalue weighted by Gasteiger charge is -2.40. The summed E-state index contributed by atoms with van der Waals surface area (Å²) in [4.78, 5) is 27.4. The first-order valence-corrected chi connectivity index (χ1v) is 20.4. The van der Waals surface area contributed by atoms with Gasteiger partial charge < -0.3 is 28.4 Å². The van der Waals surface area contributed by atoms with Gasteiger partial charge in [-0.3, -0.25) is 0 Å². The Morgan fingerprint density at radius 1 is 0.526 bits per heavy atom. The van der Waals surface area contributed by atoms with Gasteiger partial charge in [-0.15, -0.1) is 0 Å². The van der Waals surface area contributed by atoms with E-state index < -0.39 is 17.4 Å². The van der Waals surface area contributed by atoms with Crippen LogP contribution < -0.4 is 28.4 Å². The Morgan fingerprint density at radius 2 is 0.860 bits per heavy atom. The summed E-state index contributed by atoms with van der Waals surface area (Å²) in [5.41, 5.74) is 6.62. The number of benzene rings is 4. The predicted molar refractivity (Wildman–Crippen MR) is 227 cm³/mol. The zero-order chi connectivity index (χ0) is 41.3. The Balaban J connectivity index is 2.27. The quantitative estimate of drug-likeness (QED) is 0.0439. The molecule has 0 saturated heterocycles. The average Bonchev–Trinajstić information content (AvgIpc) is 3.51. The van der Waals surface area contributed by atoms with Gasteiger partial charge in [-0.1, -0.05) is 103 Å². The number of carbonyl (C=O) groups excluding carboxylic acids is 2. The Hall–Kier alpha value is -5.50. The number of hydrogen-bond acceptors (Lipinski definition) is 8. The lowest BCUT2D eigenvalue weighted by atomic mass is 9.64. The fourth-order valence-corrected chi connectivity index (χ4v) is 8.08. The first-order chi connectivity index (χ1) is 27.7. The summed E-state index contributed by atoms with van der Waals surface area (Å²) in [7, 11) is 0. The largest absolute Gasteiger partial charge is 0.493 e. The van der Waals surface area contributed by atoms with Gasteiger partial charge in [-0.05, 0) is 74.6 Å². The topological polar surface area (TPSA) is 89.5 Å². The third-order valence-corrected chi connectivity index (χ3v) is 10.4. The number of rotatable bonds is 20. The van der Waals surface area contributed by atoms with Gasteiger partial charge in [0.15, 0.2) is 23.0 Å². The van der Waals surface area contributed by atoms with E-state index in [9.17, 15) is 9.59 Å². The highest BCUT2D eigenvalue weighted by molar-refractivity contribution is 5.94. The van der Waals surface area contributed by atoms with E-state index >= 15 is 0 Å². The fourth-order valence-electron chi connectivity index (χ4n) is 8.08. The summed E-state index contributed by atoms with van der Waals surface area (Å²) >= 11 is 0. The van der Waals surface area contributed by atoms with E-state index in [4.69, 9.17) is 28.4 Å². The zero-order valence-corrected chi connectivity index (χ0v) is 35.0. The molecule has 1 aliphatic rings. The van der Waals surface area contributed by atoms with Crippen LogP contribution in [0.4, 0.5) is 0 Å². The van der Waals surface area contributed by atoms with E-state index in [1.807, 2.05) is 52.0 Å². The lowest BCUT2D eigenvalue weighted by molar-refractivity contribution is -0.130. The molecule has 57 heavy (non-hydrogen) atoms. The molecule has 0 fully saturated rings. The Kier molecular flexibility index (Phi) is 14.3. The number of fused-ring (bicyclic) bond motifs is 3. The molecule has 4 aromatic rings. The first-order valence-electron chi connectivity index (χ1n) is 20.4. The number of carbonyl (C=O) groups is 2. The lowest BCUT2D eigenvalue weighted by Crippen LogP contribution is -2.34. The molecular weight excluding hydrogens is 717 g/mol. The van der Waals surface area contributed by atoms with E-state index in [0.29, 0.717) is 99.1 Å². The van der Waals surface area contributed by atoms with Crippen molar-refractivity contribution < 1.29 is 38.0 Å². The molecule has 8 heteroatoms. The smallest absolute Gasteiger partial charge is 0.335 e. The molecule has 0 unspecified atom stereocenters. The van der Waals surface area contributed by atoms with Gasteiger partial charge in [0.25, 0.3) is 0 Å². The number of esters is 2. The predicted octanol–water partition coefficient (Wildman–Crippen LogP) is 11.1. The van der Waals surface area contributed by atoms with Gasteiger partial charge in [-0.2, -0.15) is 0 Å². The molecule has 0 bridgehead atoms. The summed E-state index contributed by atoms with van der Waals surface area (Å²) in [5.74, 6) is 1.01. The van der Waals surface area contributed by atoms with Gasteiger partial charge in [0.2, 0.25) is 0 Å². The molecule has 0 aliphatic heterocycles. The molecule has 0 radical (unpaired) electrons. The maximum Gasteiger partial charge on any atom is 0.335 e. The van der Waals surface area contributed by atoms with Crippen molar-refractivity contribution in [3.63, 3.8) is 0 Å². The minimum Gasteiger partial charge on any atom is -0.493 e. The summed E-state index contributed by atoms with van der Waals surface area (Å²) < 4.78 is 40.2. The van der Waals surface area contributed by atoms with E-state index in [2.05, 4.69) is 65.1 Å². The third-order valence-electron chi connectivity index (χ3n) is 10.4. The van der Waals surface area contributed by atoms with Crippen LogP contribution in [-0.4, -0.2) is 38.4 Å². The molecule has 0 atom stereocenters. The van der Waals surface area contributed by atoms with Crippen LogP contribution in [0.1, 0.15) is 112 Å². The second-order valence-electron chi connectivity index (χ2n) is 14.1. The minimum atomic E-state index is -1.42. The molecule has 0 saturated carbocycles. The van der Waals surface area contributed by atoms with Gasteiger partial charge in [0.1, 0.15) is 11.5 Å². The van der Waals surface area contributed by atoms with Crippen molar-refractivity contribution in [2.24, 2.45) is 0 Å².